The van der Waals surface area contributed by atoms with E-state index in [-0.39, 0.29) is 18.0 Å². The van der Waals surface area contributed by atoms with Crippen molar-refractivity contribution in [1.29, 1.82) is 5.26 Å². The van der Waals surface area contributed by atoms with Crippen LogP contribution in [0.3, 0.4) is 0 Å². The van der Waals surface area contributed by atoms with Crippen molar-refractivity contribution in [1.82, 2.24) is 14.9 Å². The largest absolute Gasteiger partial charge is 0.472 e. The van der Waals surface area contributed by atoms with Crippen molar-refractivity contribution in [3.8, 4) is 18.0 Å². The maximum Gasteiger partial charge on any atom is 0.319 e. The monoisotopic (exact) mass is 338 g/mol. The smallest absolute Gasteiger partial charge is 0.319 e. The third-order valence-electron chi connectivity index (χ3n) is 3.98. The van der Waals surface area contributed by atoms with Crippen LogP contribution in [0.1, 0.15) is 28.8 Å². The van der Waals surface area contributed by atoms with Crippen molar-refractivity contribution in [2.75, 3.05) is 20.2 Å². The Morgan fingerprint density at radius 1 is 1.40 bits per heavy atom. The van der Waals surface area contributed by atoms with E-state index in [0.29, 0.717) is 30.1 Å². The molecule has 0 bridgehead atoms. The molecule has 0 saturated carbocycles. The van der Waals surface area contributed by atoms with Gasteiger partial charge in [0.05, 0.1) is 25.3 Å². The summed E-state index contributed by atoms with van der Waals surface area (Å²) in [7, 11) is 1.50. The van der Waals surface area contributed by atoms with Crippen molar-refractivity contribution in [2.45, 2.75) is 18.9 Å². The highest BCUT2D eigenvalue weighted by molar-refractivity contribution is 5.94. The first-order valence-electron chi connectivity index (χ1n) is 8.02. The van der Waals surface area contributed by atoms with Crippen LogP contribution in [0.15, 0.2) is 36.5 Å². The van der Waals surface area contributed by atoms with Crippen LogP contribution in [0.25, 0.3) is 0 Å². The molecule has 25 heavy (non-hydrogen) atoms. The summed E-state index contributed by atoms with van der Waals surface area (Å²) in [4.78, 5) is 22.5. The molecule has 1 atom stereocenters. The molecule has 0 radical (unpaired) electrons. The van der Waals surface area contributed by atoms with Gasteiger partial charge in [-0.3, -0.25) is 4.79 Å². The minimum Gasteiger partial charge on any atom is -0.472 e. The number of benzene rings is 1. The molecule has 1 amide bonds. The molecule has 0 spiro atoms. The van der Waals surface area contributed by atoms with Gasteiger partial charge in [0.2, 0.25) is 5.88 Å². The van der Waals surface area contributed by atoms with Crippen molar-refractivity contribution < 1.29 is 14.3 Å². The molecule has 0 N–H and O–H groups in total. The number of nitrogens with zero attached hydrogens (tertiary/aromatic N) is 4. The summed E-state index contributed by atoms with van der Waals surface area (Å²) in [6.07, 6.45) is 3.11. The summed E-state index contributed by atoms with van der Waals surface area (Å²) < 4.78 is 10.9. The van der Waals surface area contributed by atoms with Crippen molar-refractivity contribution in [3.63, 3.8) is 0 Å². The fraction of sp³-hybridized carbons (Fsp3) is 0.333. The van der Waals surface area contributed by atoms with Gasteiger partial charge in [-0.25, -0.2) is 4.98 Å². The fourth-order valence-corrected chi connectivity index (χ4v) is 2.78. The Hall–Kier alpha value is -3.14. The van der Waals surface area contributed by atoms with Gasteiger partial charge in [0.25, 0.3) is 5.91 Å². The van der Waals surface area contributed by atoms with Gasteiger partial charge in [-0.05, 0) is 31.0 Å². The number of hydrogen-bond acceptors (Lipinski definition) is 6. The van der Waals surface area contributed by atoms with Crippen LogP contribution in [0.2, 0.25) is 0 Å². The first-order valence-corrected chi connectivity index (χ1v) is 8.02. The third kappa shape index (κ3) is 4.04. The Balaban J connectivity index is 1.68. The molecule has 1 aliphatic rings. The van der Waals surface area contributed by atoms with E-state index in [2.05, 4.69) is 16.0 Å². The predicted molar refractivity (Wildman–Crippen MR) is 89.3 cm³/mol. The van der Waals surface area contributed by atoms with E-state index in [1.54, 1.807) is 41.4 Å². The Labute approximate surface area is 145 Å². The highest BCUT2D eigenvalue weighted by atomic mass is 16.5. The van der Waals surface area contributed by atoms with Crippen LogP contribution < -0.4 is 9.47 Å². The van der Waals surface area contributed by atoms with Crippen LogP contribution in [0, 0.1) is 11.3 Å². The van der Waals surface area contributed by atoms with Gasteiger partial charge in [0.1, 0.15) is 6.10 Å². The average Bonchev–Trinajstić information content (AvgIpc) is 2.68. The van der Waals surface area contributed by atoms with Crippen LogP contribution in [-0.2, 0) is 0 Å². The summed E-state index contributed by atoms with van der Waals surface area (Å²) in [5.74, 6) is 0.336. The van der Waals surface area contributed by atoms with Crippen LogP contribution in [0.4, 0.5) is 0 Å². The third-order valence-corrected chi connectivity index (χ3v) is 3.98. The van der Waals surface area contributed by atoms with Gasteiger partial charge < -0.3 is 14.4 Å². The van der Waals surface area contributed by atoms with Gasteiger partial charge in [-0.2, -0.15) is 10.2 Å². The second-order valence-corrected chi connectivity index (χ2v) is 5.71. The molecule has 1 fully saturated rings. The summed E-state index contributed by atoms with van der Waals surface area (Å²) >= 11 is 0. The Kier molecular flexibility index (Phi) is 5.09. The standard InChI is InChI=1S/C18H18N4O3/c1-24-18-20-8-7-16(21-18)25-15-6-3-9-22(12-15)17(23)14-5-2-4-13(10-14)11-19/h2,4-5,7-8,10,15H,3,6,9,12H2,1H3. The van der Waals surface area contributed by atoms with Gasteiger partial charge in [0.15, 0.2) is 0 Å². The summed E-state index contributed by atoms with van der Waals surface area (Å²) in [6.45, 7) is 1.14. The summed E-state index contributed by atoms with van der Waals surface area (Å²) in [5, 5.41) is 8.99. The molecule has 1 unspecified atom stereocenters. The van der Waals surface area contributed by atoms with Crippen LogP contribution in [0.5, 0.6) is 11.9 Å². The maximum atomic E-state index is 12.7. The van der Waals surface area contributed by atoms with Gasteiger partial charge in [-0.1, -0.05) is 6.07 Å². The Morgan fingerprint density at radius 3 is 3.08 bits per heavy atom. The minimum atomic E-state index is -0.142. The Morgan fingerprint density at radius 2 is 2.28 bits per heavy atom. The lowest BCUT2D eigenvalue weighted by Crippen LogP contribution is -2.44. The lowest BCUT2D eigenvalue weighted by molar-refractivity contribution is 0.0525. The molecule has 1 saturated heterocycles. The number of carbonyl (C=O) groups is 1. The van der Waals surface area contributed by atoms with Gasteiger partial charge in [0, 0.05) is 24.4 Å². The molecule has 3 rings (SSSR count). The predicted octanol–water partition coefficient (Wildman–Crippen LogP) is 2.04. The maximum absolute atomic E-state index is 12.7. The van der Waals surface area contributed by atoms with E-state index in [0.717, 1.165) is 12.8 Å². The highest BCUT2D eigenvalue weighted by Gasteiger charge is 2.26. The molecule has 7 nitrogen and oxygen atoms in total. The summed E-state index contributed by atoms with van der Waals surface area (Å²) in [5.41, 5.74) is 0.993. The molecule has 7 heteroatoms. The number of hydrogen-bond donors (Lipinski definition) is 0. The molecule has 2 heterocycles. The second-order valence-electron chi connectivity index (χ2n) is 5.71. The number of ether oxygens (including phenoxy) is 2. The lowest BCUT2D eigenvalue weighted by atomic mass is 10.1. The first-order chi connectivity index (χ1) is 12.2. The SMILES string of the molecule is COc1nccc(OC2CCCN(C(=O)c3cccc(C#N)c3)C2)n1. The Bertz CT molecular complexity index is 803. The normalized spacial score (nSPS) is 16.8. The number of methoxy groups -OCH3 is 1. The molecule has 1 aromatic heterocycles. The van der Waals surface area contributed by atoms with Crippen LogP contribution >= 0.6 is 0 Å². The number of piperidine rings is 1. The van der Waals surface area contributed by atoms with E-state index < -0.39 is 0 Å². The molecule has 2 aromatic rings. The molecular weight excluding hydrogens is 320 g/mol. The average molecular weight is 338 g/mol. The van der Waals surface area contributed by atoms with Crippen LogP contribution in [-0.4, -0.2) is 47.1 Å². The van der Waals surface area contributed by atoms with E-state index in [4.69, 9.17) is 14.7 Å². The van der Waals surface area contributed by atoms with E-state index in [1.165, 1.54) is 7.11 Å². The van der Waals surface area contributed by atoms with Gasteiger partial charge >= 0.3 is 6.01 Å². The molecular formula is C18H18N4O3. The molecule has 1 aromatic carbocycles. The number of carbonyl (C=O) groups excluding carboxylic acids is 1. The number of aromatic nitrogens is 2. The van der Waals surface area contributed by atoms with Crippen molar-refractivity contribution in [3.05, 3.63) is 47.7 Å². The minimum absolute atomic E-state index is 0.0920. The highest BCUT2D eigenvalue weighted by Crippen LogP contribution is 2.19. The lowest BCUT2D eigenvalue weighted by Gasteiger charge is -2.32. The number of nitriles is 1. The zero-order valence-corrected chi connectivity index (χ0v) is 13.9. The fourth-order valence-electron chi connectivity index (χ4n) is 2.78. The van der Waals surface area contributed by atoms with E-state index in [9.17, 15) is 4.79 Å². The zero-order chi connectivity index (χ0) is 17.6. The molecule has 0 aliphatic carbocycles. The summed E-state index contributed by atoms with van der Waals surface area (Å²) in [6, 6.07) is 10.7. The van der Waals surface area contributed by atoms with Crippen molar-refractivity contribution >= 4 is 5.91 Å². The van der Waals surface area contributed by atoms with E-state index in [1.807, 2.05) is 0 Å². The second kappa shape index (κ2) is 7.62. The number of likely N-dealkylation sites (tertiary alicyclic amines) is 1. The number of rotatable bonds is 4. The quantitative estimate of drug-likeness (QED) is 0.847. The number of amides is 1. The van der Waals surface area contributed by atoms with Crippen molar-refractivity contribution in [2.24, 2.45) is 0 Å². The molecule has 128 valence electrons. The van der Waals surface area contributed by atoms with Gasteiger partial charge in [-0.15, -0.1) is 0 Å². The molecule has 1 aliphatic heterocycles. The van der Waals surface area contributed by atoms with E-state index >= 15 is 0 Å². The topological polar surface area (TPSA) is 88.3 Å². The zero-order valence-electron chi connectivity index (χ0n) is 13.9. The first kappa shape index (κ1) is 16.7.